The predicted octanol–water partition coefficient (Wildman–Crippen LogP) is 1.32. The van der Waals surface area contributed by atoms with Crippen LogP contribution >= 0.6 is 0 Å². The molecule has 2 atom stereocenters. The van der Waals surface area contributed by atoms with Gasteiger partial charge in [0.05, 0.1) is 11.6 Å². The first-order valence-corrected chi connectivity index (χ1v) is 6.61. The second-order valence-electron chi connectivity index (χ2n) is 5.62. The third kappa shape index (κ3) is 3.07. The number of hydrogen-bond acceptors (Lipinski definition) is 4. The molecule has 1 aliphatic heterocycles. The number of aromatic nitrogens is 1. The van der Waals surface area contributed by atoms with E-state index in [0.717, 1.165) is 31.5 Å². The summed E-state index contributed by atoms with van der Waals surface area (Å²) in [5, 5.41) is 10.0. The molecule has 2 rings (SSSR count). The fraction of sp³-hybridized carbons (Fsp3) is 0.643. The van der Waals surface area contributed by atoms with Crippen LogP contribution in [0.15, 0.2) is 24.5 Å². The molecule has 0 spiro atoms. The molecule has 0 bridgehead atoms. The van der Waals surface area contributed by atoms with Crippen LogP contribution in [0.5, 0.6) is 0 Å². The standard InChI is InChI=1S/C14H23N3O/c1-11(15)13(12-4-3-7-16-10-12)17-8-5-14(2,18)6-9-17/h3-4,7,10-11,13,18H,5-6,8-9,15H2,1-2H3. The lowest BCUT2D eigenvalue weighted by atomic mass is 9.90. The van der Waals surface area contributed by atoms with Gasteiger partial charge < -0.3 is 10.8 Å². The molecule has 4 nitrogen and oxygen atoms in total. The van der Waals surface area contributed by atoms with Crippen molar-refractivity contribution in [3.05, 3.63) is 30.1 Å². The van der Waals surface area contributed by atoms with E-state index in [9.17, 15) is 5.11 Å². The molecule has 2 unspecified atom stereocenters. The summed E-state index contributed by atoms with van der Waals surface area (Å²) >= 11 is 0. The highest BCUT2D eigenvalue weighted by Gasteiger charge is 2.32. The highest BCUT2D eigenvalue weighted by Crippen LogP contribution is 2.29. The van der Waals surface area contributed by atoms with Crippen molar-refractivity contribution in [2.75, 3.05) is 13.1 Å². The van der Waals surface area contributed by atoms with Gasteiger partial charge >= 0.3 is 0 Å². The van der Waals surface area contributed by atoms with Crippen molar-refractivity contribution in [3.8, 4) is 0 Å². The summed E-state index contributed by atoms with van der Waals surface area (Å²) < 4.78 is 0. The number of piperidine rings is 1. The van der Waals surface area contributed by atoms with Gasteiger partial charge in [0.1, 0.15) is 0 Å². The number of aliphatic hydroxyl groups is 1. The number of hydrogen-bond donors (Lipinski definition) is 2. The van der Waals surface area contributed by atoms with Crippen molar-refractivity contribution >= 4 is 0 Å². The van der Waals surface area contributed by atoms with Crippen molar-refractivity contribution in [2.45, 2.75) is 44.4 Å². The Hall–Kier alpha value is -0.970. The minimum Gasteiger partial charge on any atom is -0.390 e. The van der Waals surface area contributed by atoms with Gasteiger partial charge in [0.15, 0.2) is 0 Å². The average Bonchev–Trinajstić information content (AvgIpc) is 2.33. The molecule has 0 radical (unpaired) electrons. The monoisotopic (exact) mass is 249 g/mol. The van der Waals surface area contributed by atoms with E-state index in [1.165, 1.54) is 0 Å². The largest absolute Gasteiger partial charge is 0.390 e. The number of nitrogens with zero attached hydrogens (tertiary/aromatic N) is 2. The molecule has 1 aliphatic rings. The molecule has 0 aliphatic carbocycles. The van der Waals surface area contributed by atoms with Gasteiger partial charge in [-0.2, -0.15) is 0 Å². The molecule has 100 valence electrons. The maximum absolute atomic E-state index is 10.0. The molecule has 1 aromatic rings. The predicted molar refractivity (Wildman–Crippen MR) is 72.1 cm³/mol. The molecule has 18 heavy (non-hydrogen) atoms. The summed E-state index contributed by atoms with van der Waals surface area (Å²) in [6.07, 6.45) is 5.27. The molecule has 1 fully saturated rings. The van der Waals surface area contributed by atoms with Crippen molar-refractivity contribution in [1.29, 1.82) is 0 Å². The third-order valence-corrected chi connectivity index (χ3v) is 3.79. The van der Waals surface area contributed by atoms with Crippen LogP contribution in [0.3, 0.4) is 0 Å². The maximum Gasteiger partial charge on any atom is 0.0644 e. The summed E-state index contributed by atoms with van der Waals surface area (Å²) in [6, 6.07) is 4.27. The van der Waals surface area contributed by atoms with Crippen molar-refractivity contribution < 1.29 is 5.11 Å². The van der Waals surface area contributed by atoms with Crippen LogP contribution in [-0.2, 0) is 0 Å². The number of rotatable bonds is 3. The quantitative estimate of drug-likeness (QED) is 0.848. The van der Waals surface area contributed by atoms with Gasteiger partial charge in [0.25, 0.3) is 0 Å². The third-order valence-electron chi connectivity index (χ3n) is 3.79. The second-order valence-corrected chi connectivity index (χ2v) is 5.62. The Labute approximate surface area is 109 Å². The molecule has 0 amide bonds. The zero-order chi connectivity index (χ0) is 13.2. The number of nitrogens with two attached hydrogens (primary N) is 1. The highest BCUT2D eigenvalue weighted by atomic mass is 16.3. The van der Waals surface area contributed by atoms with E-state index >= 15 is 0 Å². The zero-order valence-corrected chi connectivity index (χ0v) is 11.2. The first-order valence-electron chi connectivity index (χ1n) is 6.61. The summed E-state index contributed by atoms with van der Waals surface area (Å²) in [5.41, 5.74) is 6.78. The van der Waals surface area contributed by atoms with Gasteiger partial charge in [-0.3, -0.25) is 9.88 Å². The Morgan fingerprint density at radius 2 is 2.11 bits per heavy atom. The number of pyridine rings is 1. The van der Waals surface area contributed by atoms with Gasteiger partial charge in [-0.05, 0) is 38.3 Å². The van der Waals surface area contributed by atoms with Crippen molar-refractivity contribution in [1.82, 2.24) is 9.88 Å². The summed E-state index contributed by atoms with van der Waals surface area (Å²) in [4.78, 5) is 6.54. The first-order chi connectivity index (χ1) is 8.49. The second kappa shape index (κ2) is 5.34. The topological polar surface area (TPSA) is 62.4 Å². The summed E-state index contributed by atoms with van der Waals surface area (Å²) in [6.45, 7) is 5.71. The van der Waals surface area contributed by atoms with E-state index in [4.69, 9.17) is 5.73 Å². The van der Waals surface area contributed by atoms with E-state index in [0.29, 0.717) is 0 Å². The molecule has 1 aromatic heterocycles. The van der Waals surface area contributed by atoms with Crippen molar-refractivity contribution in [2.24, 2.45) is 5.73 Å². The van der Waals surface area contributed by atoms with Gasteiger partial charge in [-0.25, -0.2) is 0 Å². The maximum atomic E-state index is 10.0. The Kier molecular flexibility index (Phi) is 4.00. The van der Waals surface area contributed by atoms with Gasteiger partial charge in [-0.1, -0.05) is 6.07 Å². The van der Waals surface area contributed by atoms with Crippen LogP contribution in [0.1, 0.15) is 38.3 Å². The van der Waals surface area contributed by atoms with E-state index < -0.39 is 5.60 Å². The van der Waals surface area contributed by atoms with Crippen LogP contribution < -0.4 is 5.73 Å². The first kappa shape index (κ1) is 13.5. The van der Waals surface area contributed by atoms with Crippen LogP contribution in [0.2, 0.25) is 0 Å². The van der Waals surface area contributed by atoms with Crippen LogP contribution in [-0.4, -0.2) is 39.7 Å². The van der Waals surface area contributed by atoms with E-state index in [1.54, 1.807) is 6.20 Å². The molecule has 0 aromatic carbocycles. The number of likely N-dealkylation sites (tertiary alicyclic amines) is 1. The summed E-state index contributed by atoms with van der Waals surface area (Å²) in [7, 11) is 0. The van der Waals surface area contributed by atoms with Crippen LogP contribution in [0.4, 0.5) is 0 Å². The smallest absolute Gasteiger partial charge is 0.0644 e. The lowest BCUT2D eigenvalue weighted by molar-refractivity contribution is -0.0194. The van der Waals surface area contributed by atoms with E-state index in [-0.39, 0.29) is 12.1 Å². The normalized spacial score (nSPS) is 23.6. The molecule has 3 N–H and O–H groups in total. The average molecular weight is 249 g/mol. The minimum absolute atomic E-state index is 0.0530. The summed E-state index contributed by atoms with van der Waals surface area (Å²) in [5.74, 6) is 0. The van der Waals surface area contributed by atoms with E-state index in [1.807, 2.05) is 26.1 Å². The zero-order valence-electron chi connectivity index (χ0n) is 11.2. The lowest BCUT2D eigenvalue weighted by Gasteiger charge is -2.41. The Balaban J connectivity index is 2.13. The van der Waals surface area contributed by atoms with Crippen LogP contribution in [0.25, 0.3) is 0 Å². The molecule has 0 saturated carbocycles. The SMILES string of the molecule is CC(N)C(c1cccnc1)N1CCC(C)(O)CC1. The minimum atomic E-state index is -0.520. The lowest BCUT2D eigenvalue weighted by Crippen LogP contribution is -2.48. The van der Waals surface area contributed by atoms with Gasteiger partial charge in [0, 0.05) is 31.5 Å². The van der Waals surface area contributed by atoms with Gasteiger partial charge in [-0.15, -0.1) is 0 Å². The highest BCUT2D eigenvalue weighted by molar-refractivity contribution is 5.16. The fourth-order valence-electron chi connectivity index (χ4n) is 2.68. The molecule has 4 heteroatoms. The van der Waals surface area contributed by atoms with Crippen molar-refractivity contribution in [3.63, 3.8) is 0 Å². The molecule has 1 saturated heterocycles. The Morgan fingerprint density at radius 1 is 1.44 bits per heavy atom. The molecule has 2 heterocycles. The van der Waals surface area contributed by atoms with E-state index in [2.05, 4.69) is 16.0 Å². The molecular formula is C14H23N3O. The Morgan fingerprint density at radius 3 is 2.61 bits per heavy atom. The Bertz CT molecular complexity index is 368. The van der Waals surface area contributed by atoms with Crippen LogP contribution in [0, 0.1) is 0 Å². The van der Waals surface area contributed by atoms with Gasteiger partial charge in [0.2, 0.25) is 0 Å². The fourth-order valence-corrected chi connectivity index (χ4v) is 2.68. The molecular weight excluding hydrogens is 226 g/mol.